The van der Waals surface area contributed by atoms with Crippen molar-refractivity contribution in [1.82, 2.24) is 0 Å². The number of benzene rings is 1. The molecule has 1 aromatic heterocycles. The van der Waals surface area contributed by atoms with E-state index in [4.69, 9.17) is 18.6 Å². The Kier molecular flexibility index (Phi) is 12.5. The Hall–Kier alpha value is -2.43. The van der Waals surface area contributed by atoms with Gasteiger partial charge in [-0.1, -0.05) is 70.9 Å². The van der Waals surface area contributed by atoms with Crippen molar-refractivity contribution >= 4 is 11.0 Å². The summed E-state index contributed by atoms with van der Waals surface area (Å²) in [6.07, 6.45) is 15.8. The average molecular weight is 459 g/mol. The smallest absolute Gasteiger partial charge is 0.383 e. The Balaban J connectivity index is 2.00. The number of rotatable bonds is 17. The van der Waals surface area contributed by atoms with Crippen LogP contribution >= 0.6 is 0 Å². The summed E-state index contributed by atoms with van der Waals surface area (Å²) in [5.41, 5.74) is -0.0832. The van der Waals surface area contributed by atoms with Crippen molar-refractivity contribution in [2.24, 2.45) is 0 Å². The quantitative estimate of drug-likeness (QED) is 0.137. The first kappa shape index (κ1) is 26.8. The fourth-order valence-corrected chi connectivity index (χ4v) is 3.64. The summed E-state index contributed by atoms with van der Waals surface area (Å²) in [6.45, 7) is 9.23. The first-order valence-electron chi connectivity index (χ1n) is 12.7. The minimum Gasteiger partial charge on any atom is -0.493 e. The lowest BCUT2D eigenvalue weighted by Gasteiger charge is -2.16. The van der Waals surface area contributed by atoms with Crippen LogP contribution in [0.1, 0.15) is 91.9 Å². The van der Waals surface area contributed by atoms with Gasteiger partial charge in [-0.05, 0) is 45.2 Å². The Labute approximate surface area is 199 Å². The molecule has 0 aliphatic heterocycles. The molecule has 0 amide bonds. The van der Waals surface area contributed by atoms with Gasteiger partial charge in [0.1, 0.15) is 11.3 Å². The molecule has 2 aromatic rings. The maximum absolute atomic E-state index is 12.7. The molecule has 2 rings (SSSR count). The fourth-order valence-electron chi connectivity index (χ4n) is 3.64. The van der Waals surface area contributed by atoms with Crippen molar-refractivity contribution in [1.29, 1.82) is 0 Å². The van der Waals surface area contributed by atoms with E-state index in [9.17, 15) is 4.79 Å². The molecule has 5 nitrogen and oxygen atoms in total. The average Bonchev–Trinajstić information content (AvgIpc) is 2.79. The van der Waals surface area contributed by atoms with Crippen molar-refractivity contribution < 1.29 is 18.6 Å². The largest absolute Gasteiger partial charge is 0.493 e. The van der Waals surface area contributed by atoms with Gasteiger partial charge in [-0.25, -0.2) is 4.79 Å². The third kappa shape index (κ3) is 9.53. The zero-order valence-corrected chi connectivity index (χ0v) is 21.0. The van der Waals surface area contributed by atoms with E-state index in [0.29, 0.717) is 35.7 Å². The third-order valence-electron chi connectivity index (χ3n) is 5.35. The summed E-state index contributed by atoms with van der Waals surface area (Å²) in [7, 11) is 0. The first-order chi connectivity index (χ1) is 16.1. The Morgan fingerprint density at radius 3 is 2.30 bits per heavy atom. The van der Waals surface area contributed by atoms with Crippen molar-refractivity contribution in [2.75, 3.05) is 13.2 Å². The molecule has 0 fully saturated rings. The number of hydrogen-bond acceptors (Lipinski definition) is 5. The molecule has 0 atom stereocenters. The normalized spacial score (nSPS) is 11.5. The lowest BCUT2D eigenvalue weighted by molar-refractivity contribution is 0.219. The second-order valence-corrected chi connectivity index (χ2v) is 8.71. The van der Waals surface area contributed by atoms with E-state index >= 15 is 0 Å². The maximum atomic E-state index is 12.7. The van der Waals surface area contributed by atoms with Gasteiger partial charge in [0.15, 0.2) is 5.75 Å². The molecule has 1 aromatic carbocycles. The highest BCUT2D eigenvalue weighted by Gasteiger charge is 2.19. The molecule has 0 spiro atoms. The molecule has 0 radical (unpaired) electrons. The van der Waals surface area contributed by atoms with Gasteiger partial charge in [0, 0.05) is 6.07 Å². The highest BCUT2D eigenvalue weighted by atomic mass is 16.5. The second kappa shape index (κ2) is 15.4. The van der Waals surface area contributed by atoms with Crippen LogP contribution in [-0.2, 0) is 0 Å². The van der Waals surface area contributed by atoms with Gasteiger partial charge in [0.2, 0.25) is 5.75 Å². The number of allylic oxidation sites excluding steroid dienone is 1. The standard InChI is InChI=1S/C28H42O5/c1-5-7-9-11-12-13-14-16-19-30-23-17-18-24-25(21-23)33-28(29)27(26(24)32-22(3)4)31-20-15-10-8-6-2/h8,10,17-18,21-22H,5-7,9,11-16,19-20H2,1-4H3. The van der Waals surface area contributed by atoms with Crippen molar-refractivity contribution in [3.63, 3.8) is 0 Å². The van der Waals surface area contributed by atoms with E-state index in [0.717, 1.165) is 19.3 Å². The van der Waals surface area contributed by atoms with Gasteiger partial charge in [-0.15, -0.1) is 0 Å². The fraction of sp³-hybridized carbons (Fsp3) is 0.607. The van der Waals surface area contributed by atoms with Crippen LogP contribution in [0, 0.1) is 0 Å². The second-order valence-electron chi connectivity index (χ2n) is 8.71. The van der Waals surface area contributed by atoms with E-state index in [2.05, 4.69) is 19.9 Å². The lowest BCUT2D eigenvalue weighted by atomic mass is 10.1. The zero-order chi connectivity index (χ0) is 23.9. The predicted molar refractivity (Wildman–Crippen MR) is 136 cm³/mol. The number of unbranched alkanes of at least 4 members (excludes halogenated alkanes) is 7. The summed E-state index contributed by atoms with van der Waals surface area (Å²) in [5.74, 6) is 1.27. The van der Waals surface area contributed by atoms with Crippen LogP contribution in [0.3, 0.4) is 0 Å². The zero-order valence-electron chi connectivity index (χ0n) is 21.0. The molecule has 0 N–H and O–H groups in total. The Morgan fingerprint density at radius 1 is 0.879 bits per heavy atom. The van der Waals surface area contributed by atoms with Crippen LogP contribution in [0.5, 0.6) is 17.2 Å². The van der Waals surface area contributed by atoms with Crippen molar-refractivity contribution in [3.8, 4) is 17.2 Å². The summed E-state index contributed by atoms with van der Waals surface area (Å²) < 4.78 is 23.2. The summed E-state index contributed by atoms with van der Waals surface area (Å²) >= 11 is 0. The van der Waals surface area contributed by atoms with Crippen molar-refractivity contribution in [3.05, 3.63) is 40.8 Å². The number of fused-ring (bicyclic) bond motifs is 1. The van der Waals surface area contributed by atoms with Crippen LogP contribution < -0.4 is 19.8 Å². The van der Waals surface area contributed by atoms with E-state index in [1.165, 1.54) is 44.9 Å². The van der Waals surface area contributed by atoms with Crippen molar-refractivity contribution in [2.45, 2.75) is 98.0 Å². The molecule has 0 saturated heterocycles. The van der Waals surface area contributed by atoms with Gasteiger partial charge < -0.3 is 18.6 Å². The predicted octanol–water partition coefficient (Wildman–Crippen LogP) is 7.83. The molecule has 0 unspecified atom stereocenters. The van der Waals surface area contributed by atoms with Crippen LogP contribution in [0.2, 0.25) is 0 Å². The Bertz CT molecular complexity index is 897. The number of ether oxygens (including phenoxy) is 3. The summed E-state index contributed by atoms with van der Waals surface area (Å²) in [6, 6.07) is 5.54. The molecule has 0 aliphatic carbocycles. The van der Waals surface area contributed by atoms with E-state index in [1.54, 1.807) is 6.07 Å². The van der Waals surface area contributed by atoms with Gasteiger partial charge in [-0.3, -0.25) is 0 Å². The lowest BCUT2D eigenvalue weighted by Crippen LogP contribution is -2.14. The molecule has 0 bridgehead atoms. The Morgan fingerprint density at radius 2 is 1.61 bits per heavy atom. The SMILES string of the molecule is CCC=CCCOc1c(OC(C)C)c2ccc(OCCCCCCCCCC)cc2oc1=O. The summed E-state index contributed by atoms with van der Waals surface area (Å²) in [5, 5.41) is 0.710. The maximum Gasteiger partial charge on any atom is 0.383 e. The van der Waals surface area contributed by atoms with Gasteiger partial charge in [-0.2, -0.15) is 0 Å². The van der Waals surface area contributed by atoms with Gasteiger partial charge in [0.25, 0.3) is 0 Å². The first-order valence-corrected chi connectivity index (χ1v) is 12.7. The molecular formula is C28H42O5. The molecular weight excluding hydrogens is 416 g/mol. The van der Waals surface area contributed by atoms with Crippen LogP contribution in [0.25, 0.3) is 11.0 Å². The third-order valence-corrected chi connectivity index (χ3v) is 5.35. The van der Waals surface area contributed by atoms with E-state index < -0.39 is 5.63 Å². The molecule has 5 heteroatoms. The van der Waals surface area contributed by atoms with Crippen LogP contribution in [-0.4, -0.2) is 19.3 Å². The minimum absolute atomic E-state index is 0.102. The molecule has 33 heavy (non-hydrogen) atoms. The molecule has 0 aliphatic rings. The topological polar surface area (TPSA) is 57.9 Å². The number of hydrogen-bond donors (Lipinski definition) is 0. The minimum atomic E-state index is -0.530. The van der Waals surface area contributed by atoms with E-state index in [1.807, 2.05) is 32.1 Å². The summed E-state index contributed by atoms with van der Waals surface area (Å²) in [4.78, 5) is 12.7. The van der Waals surface area contributed by atoms with Crippen LogP contribution in [0.4, 0.5) is 0 Å². The highest BCUT2D eigenvalue weighted by molar-refractivity contribution is 5.86. The van der Waals surface area contributed by atoms with Crippen LogP contribution in [0.15, 0.2) is 39.6 Å². The monoisotopic (exact) mass is 458 g/mol. The van der Waals surface area contributed by atoms with E-state index in [-0.39, 0.29) is 11.9 Å². The molecule has 0 saturated carbocycles. The highest BCUT2D eigenvalue weighted by Crippen LogP contribution is 2.35. The van der Waals surface area contributed by atoms with Gasteiger partial charge >= 0.3 is 5.63 Å². The molecule has 184 valence electrons. The molecule has 1 heterocycles. The van der Waals surface area contributed by atoms with Gasteiger partial charge in [0.05, 0.1) is 24.7 Å².